The lowest BCUT2D eigenvalue weighted by molar-refractivity contribution is -0.118. The molecule has 5 nitrogen and oxygen atoms in total. The first-order valence-electron chi connectivity index (χ1n) is 6.65. The highest BCUT2D eigenvalue weighted by molar-refractivity contribution is 8.15. The van der Waals surface area contributed by atoms with E-state index in [1.807, 2.05) is 30.3 Å². The number of carbonyl (C=O) groups is 1. The van der Waals surface area contributed by atoms with E-state index >= 15 is 0 Å². The maximum atomic E-state index is 12.0. The van der Waals surface area contributed by atoms with E-state index < -0.39 is 0 Å². The molecule has 3 rings (SSSR count). The van der Waals surface area contributed by atoms with Crippen molar-refractivity contribution in [2.45, 2.75) is 5.25 Å². The second kappa shape index (κ2) is 6.44. The van der Waals surface area contributed by atoms with Crippen LogP contribution in [0.15, 0.2) is 64.8 Å². The fourth-order valence-electron chi connectivity index (χ4n) is 1.97. The number of thioether (sulfide) groups is 1. The van der Waals surface area contributed by atoms with Crippen LogP contribution in [0.3, 0.4) is 0 Å². The van der Waals surface area contributed by atoms with Crippen LogP contribution in [0.2, 0.25) is 0 Å². The van der Waals surface area contributed by atoms with Crippen LogP contribution in [0.25, 0.3) is 0 Å². The second-order valence-corrected chi connectivity index (χ2v) is 5.73. The topological polar surface area (TPSA) is 74.0 Å². The highest BCUT2D eigenvalue weighted by Crippen LogP contribution is 2.34. The number of hydrogen-bond donors (Lipinski definition) is 2. The van der Waals surface area contributed by atoms with Crippen LogP contribution < -0.4 is 5.32 Å². The highest BCUT2D eigenvalue weighted by atomic mass is 32.2. The van der Waals surface area contributed by atoms with E-state index in [0.29, 0.717) is 5.17 Å². The van der Waals surface area contributed by atoms with Gasteiger partial charge in [-0.3, -0.25) is 4.79 Å². The van der Waals surface area contributed by atoms with E-state index in [9.17, 15) is 9.90 Å². The third-order valence-electron chi connectivity index (χ3n) is 3.05. The molecule has 0 unspecified atom stereocenters. The average molecular weight is 311 g/mol. The zero-order valence-electron chi connectivity index (χ0n) is 11.5. The minimum absolute atomic E-state index is 0.0882. The Balaban J connectivity index is 1.69. The lowest BCUT2D eigenvalue weighted by Crippen LogP contribution is -2.21. The molecule has 1 atom stereocenters. The van der Waals surface area contributed by atoms with E-state index in [0.717, 1.165) is 11.1 Å². The Morgan fingerprint density at radius 2 is 1.82 bits per heavy atom. The Morgan fingerprint density at radius 3 is 2.55 bits per heavy atom. The number of hydrogen-bond acceptors (Lipinski definition) is 5. The largest absolute Gasteiger partial charge is 0.508 e. The van der Waals surface area contributed by atoms with Gasteiger partial charge in [-0.25, -0.2) is 0 Å². The number of nitrogens with one attached hydrogen (secondary N) is 1. The van der Waals surface area contributed by atoms with Crippen molar-refractivity contribution < 1.29 is 9.90 Å². The molecule has 0 radical (unpaired) electrons. The van der Waals surface area contributed by atoms with Crippen LogP contribution in [-0.4, -0.2) is 22.4 Å². The SMILES string of the molecule is O=C1N/C(=N\N=C\c2ccc(O)cc2)S[C@@H]1c1ccccc1. The molecule has 1 fully saturated rings. The molecule has 1 aliphatic rings. The number of amidine groups is 1. The summed E-state index contributed by atoms with van der Waals surface area (Å²) in [4.78, 5) is 12.0. The fraction of sp³-hybridized carbons (Fsp3) is 0.0625. The van der Waals surface area contributed by atoms with Gasteiger partial charge in [0.1, 0.15) is 11.0 Å². The molecule has 2 aromatic carbocycles. The summed E-state index contributed by atoms with van der Waals surface area (Å²) in [6.07, 6.45) is 1.56. The van der Waals surface area contributed by atoms with Crippen molar-refractivity contribution in [3.63, 3.8) is 0 Å². The number of amides is 1. The maximum absolute atomic E-state index is 12.0. The summed E-state index contributed by atoms with van der Waals surface area (Å²) >= 11 is 1.35. The summed E-state index contributed by atoms with van der Waals surface area (Å²) in [5.41, 5.74) is 1.76. The van der Waals surface area contributed by atoms with Crippen LogP contribution in [-0.2, 0) is 4.79 Å². The maximum Gasteiger partial charge on any atom is 0.244 e. The van der Waals surface area contributed by atoms with Crippen molar-refractivity contribution in [2.75, 3.05) is 0 Å². The van der Waals surface area contributed by atoms with Crippen molar-refractivity contribution in [3.05, 3.63) is 65.7 Å². The average Bonchev–Trinajstić information content (AvgIpc) is 2.91. The van der Waals surface area contributed by atoms with Crippen molar-refractivity contribution in [1.82, 2.24) is 5.32 Å². The van der Waals surface area contributed by atoms with Crippen LogP contribution in [0.1, 0.15) is 16.4 Å². The summed E-state index contributed by atoms with van der Waals surface area (Å²) in [6, 6.07) is 16.2. The van der Waals surface area contributed by atoms with E-state index in [2.05, 4.69) is 15.5 Å². The number of carbonyl (C=O) groups excluding carboxylic acids is 1. The number of rotatable bonds is 3. The van der Waals surface area contributed by atoms with Gasteiger partial charge in [-0.05, 0) is 35.4 Å². The zero-order chi connectivity index (χ0) is 15.4. The summed E-state index contributed by atoms with van der Waals surface area (Å²) in [5.74, 6) is 0.113. The van der Waals surface area contributed by atoms with Gasteiger partial charge < -0.3 is 10.4 Å². The van der Waals surface area contributed by atoms with Crippen LogP contribution in [0.5, 0.6) is 5.75 Å². The molecule has 1 amide bonds. The summed E-state index contributed by atoms with van der Waals surface area (Å²) < 4.78 is 0. The van der Waals surface area contributed by atoms with Gasteiger partial charge >= 0.3 is 0 Å². The molecule has 0 saturated carbocycles. The van der Waals surface area contributed by atoms with E-state index in [1.54, 1.807) is 30.5 Å². The number of nitrogens with zero attached hydrogens (tertiary/aromatic N) is 2. The van der Waals surface area contributed by atoms with Crippen LogP contribution in [0.4, 0.5) is 0 Å². The predicted octanol–water partition coefficient (Wildman–Crippen LogP) is 2.69. The molecule has 0 spiro atoms. The normalized spacial score (nSPS) is 19.7. The Bertz CT molecular complexity index is 727. The lowest BCUT2D eigenvalue weighted by Gasteiger charge is -2.03. The molecule has 0 aromatic heterocycles. The van der Waals surface area contributed by atoms with E-state index in [1.165, 1.54) is 11.8 Å². The number of phenolic OH excluding ortho intramolecular Hbond substituents is 1. The van der Waals surface area contributed by atoms with Crippen molar-refractivity contribution in [3.8, 4) is 5.75 Å². The van der Waals surface area contributed by atoms with Gasteiger partial charge in [0.2, 0.25) is 5.91 Å². The quantitative estimate of drug-likeness (QED) is 0.676. The lowest BCUT2D eigenvalue weighted by atomic mass is 10.1. The Hall–Kier alpha value is -2.60. The van der Waals surface area contributed by atoms with E-state index in [-0.39, 0.29) is 16.9 Å². The molecule has 1 aliphatic heterocycles. The fourth-order valence-corrected chi connectivity index (χ4v) is 2.91. The van der Waals surface area contributed by atoms with Gasteiger partial charge in [-0.15, -0.1) is 5.10 Å². The molecule has 110 valence electrons. The molecule has 0 bridgehead atoms. The summed E-state index contributed by atoms with van der Waals surface area (Å²) in [5, 5.41) is 20.1. The van der Waals surface area contributed by atoms with Crippen molar-refractivity contribution in [1.29, 1.82) is 0 Å². The molecular formula is C16H13N3O2S. The second-order valence-electron chi connectivity index (χ2n) is 4.64. The monoisotopic (exact) mass is 311 g/mol. The molecule has 2 N–H and O–H groups in total. The third kappa shape index (κ3) is 3.35. The highest BCUT2D eigenvalue weighted by Gasteiger charge is 2.31. The molecule has 6 heteroatoms. The molecule has 22 heavy (non-hydrogen) atoms. The van der Waals surface area contributed by atoms with Gasteiger partial charge in [0.15, 0.2) is 5.17 Å². The Morgan fingerprint density at radius 1 is 1.09 bits per heavy atom. The number of benzene rings is 2. The van der Waals surface area contributed by atoms with Crippen LogP contribution in [0, 0.1) is 0 Å². The molecule has 1 saturated heterocycles. The molecule has 1 heterocycles. The van der Waals surface area contributed by atoms with E-state index in [4.69, 9.17) is 0 Å². The third-order valence-corrected chi connectivity index (χ3v) is 4.18. The molecular weight excluding hydrogens is 298 g/mol. The van der Waals surface area contributed by atoms with Crippen LogP contribution >= 0.6 is 11.8 Å². The Labute approximate surface area is 131 Å². The summed E-state index contributed by atoms with van der Waals surface area (Å²) in [7, 11) is 0. The number of phenols is 1. The predicted molar refractivity (Wildman–Crippen MR) is 88.1 cm³/mol. The first-order valence-corrected chi connectivity index (χ1v) is 7.53. The molecule has 0 aliphatic carbocycles. The van der Waals surface area contributed by atoms with Gasteiger partial charge in [0.25, 0.3) is 0 Å². The first kappa shape index (κ1) is 14.3. The zero-order valence-corrected chi connectivity index (χ0v) is 12.3. The standard InChI is InChI=1S/C16H13N3O2S/c20-13-8-6-11(7-9-13)10-17-19-16-18-15(21)14(22-16)12-4-2-1-3-5-12/h1-10,14,20H,(H,18,19,21)/b17-10+/t14-/m1/s1. The Kier molecular flexibility index (Phi) is 4.20. The minimum Gasteiger partial charge on any atom is -0.508 e. The molecule has 2 aromatic rings. The minimum atomic E-state index is -0.288. The van der Waals surface area contributed by atoms with Gasteiger partial charge in [0.05, 0.1) is 6.21 Å². The number of aromatic hydroxyl groups is 1. The van der Waals surface area contributed by atoms with Crippen molar-refractivity contribution >= 4 is 29.1 Å². The first-order chi connectivity index (χ1) is 10.7. The van der Waals surface area contributed by atoms with Gasteiger partial charge in [-0.2, -0.15) is 5.10 Å². The van der Waals surface area contributed by atoms with Gasteiger partial charge in [-0.1, -0.05) is 42.1 Å². The van der Waals surface area contributed by atoms with Gasteiger partial charge in [0, 0.05) is 0 Å². The summed E-state index contributed by atoms with van der Waals surface area (Å²) in [6.45, 7) is 0. The smallest absolute Gasteiger partial charge is 0.244 e. The van der Waals surface area contributed by atoms with Crippen molar-refractivity contribution in [2.24, 2.45) is 10.2 Å².